The minimum absolute atomic E-state index is 0.223. The van der Waals surface area contributed by atoms with Crippen LogP contribution in [0.2, 0.25) is 5.02 Å². The van der Waals surface area contributed by atoms with Crippen molar-refractivity contribution in [2.45, 2.75) is 6.92 Å². The molecule has 2 heterocycles. The molecule has 4 nitrogen and oxygen atoms in total. The maximum absolute atomic E-state index is 11.5. The summed E-state index contributed by atoms with van der Waals surface area (Å²) in [5.41, 5.74) is 0.979. The van der Waals surface area contributed by atoms with Crippen molar-refractivity contribution in [2.75, 3.05) is 0 Å². The average molecular weight is 301 g/mol. The standard InChI is InChI=1S/C10H7BrClN3O/c1-5-8(11)10(16)15-9(14-5)7-3-2-6(12)4-13-7/h2-4H,1H3,(H,14,15,16). The molecule has 0 aliphatic carbocycles. The number of hydrogen-bond donors (Lipinski definition) is 1. The van der Waals surface area contributed by atoms with Crippen molar-refractivity contribution in [1.29, 1.82) is 0 Å². The second-order valence-corrected chi connectivity index (χ2v) is 4.41. The molecule has 0 radical (unpaired) electrons. The zero-order valence-corrected chi connectivity index (χ0v) is 10.6. The molecular weight excluding hydrogens is 293 g/mol. The molecule has 1 N–H and O–H groups in total. The van der Waals surface area contributed by atoms with E-state index in [9.17, 15) is 4.79 Å². The normalized spacial score (nSPS) is 10.4. The van der Waals surface area contributed by atoms with Crippen molar-refractivity contribution < 1.29 is 0 Å². The third kappa shape index (κ3) is 2.15. The first-order chi connectivity index (χ1) is 7.58. The molecule has 2 aromatic heterocycles. The maximum Gasteiger partial charge on any atom is 0.265 e. The number of pyridine rings is 1. The fourth-order valence-corrected chi connectivity index (χ4v) is 1.51. The van der Waals surface area contributed by atoms with Crippen molar-refractivity contribution in [3.63, 3.8) is 0 Å². The first-order valence-corrected chi connectivity index (χ1v) is 5.63. The molecule has 0 fully saturated rings. The zero-order chi connectivity index (χ0) is 11.7. The average Bonchev–Trinajstić information content (AvgIpc) is 2.26. The molecule has 2 aromatic rings. The molecule has 82 valence electrons. The Morgan fingerprint density at radius 3 is 2.75 bits per heavy atom. The highest BCUT2D eigenvalue weighted by Crippen LogP contribution is 2.15. The summed E-state index contributed by atoms with van der Waals surface area (Å²) in [6.07, 6.45) is 1.51. The van der Waals surface area contributed by atoms with Crippen LogP contribution in [0.4, 0.5) is 0 Å². The molecular formula is C10H7BrClN3O. The van der Waals surface area contributed by atoms with E-state index < -0.39 is 0 Å². The van der Waals surface area contributed by atoms with Gasteiger partial charge >= 0.3 is 0 Å². The molecule has 0 unspecified atom stereocenters. The molecule has 0 amide bonds. The lowest BCUT2D eigenvalue weighted by Crippen LogP contribution is -2.12. The second-order valence-electron chi connectivity index (χ2n) is 3.18. The molecule has 0 aliphatic rings. The third-order valence-electron chi connectivity index (χ3n) is 2.00. The SMILES string of the molecule is Cc1nc(-c2ccc(Cl)cn2)[nH]c(=O)c1Br. The second kappa shape index (κ2) is 4.35. The Labute approximate surface area is 105 Å². The Bertz CT molecular complexity index is 580. The van der Waals surface area contributed by atoms with E-state index in [1.807, 2.05) is 0 Å². The van der Waals surface area contributed by atoms with Crippen LogP contribution in [0.1, 0.15) is 5.69 Å². The van der Waals surface area contributed by atoms with Gasteiger partial charge in [0.1, 0.15) is 10.2 Å². The van der Waals surface area contributed by atoms with Crippen LogP contribution in [0.15, 0.2) is 27.6 Å². The highest BCUT2D eigenvalue weighted by molar-refractivity contribution is 9.10. The smallest absolute Gasteiger partial charge is 0.265 e. The Morgan fingerprint density at radius 1 is 1.44 bits per heavy atom. The molecule has 0 aromatic carbocycles. The van der Waals surface area contributed by atoms with Crippen molar-refractivity contribution >= 4 is 27.5 Å². The number of hydrogen-bond acceptors (Lipinski definition) is 3. The van der Waals surface area contributed by atoms with Gasteiger partial charge in [0.25, 0.3) is 5.56 Å². The molecule has 0 aliphatic heterocycles. The predicted octanol–water partition coefficient (Wildman–Crippen LogP) is 2.56. The van der Waals surface area contributed by atoms with Crippen LogP contribution in [0.25, 0.3) is 11.5 Å². The Hall–Kier alpha value is -1.20. The van der Waals surface area contributed by atoms with Gasteiger partial charge in [0.2, 0.25) is 0 Å². The Morgan fingerprint density at radius 2 is 2.19 bits per heavy atom. The molecule has 0 spiro atoms. The minimum atomic E-state index is -0.223. The van der Waals surface area contributed by atoms with E-state index >= 15 is 0 Å². The number of rotatable bonds is 1. The van der Waals surface area contributed by atoms with Gasteiger partial charge in [0.15, 0.2) is 5.82 Å². The number of H-pyrrole nitrogens is 1. The van der Waals surface area contributed by atoms with E-state index in [0.29, 0.717) is 26.7 Å². The monoisotopic (exact) mass is 299 g/mol. The van der Waals surface area contributed by atoms with Gasteiger partial charge in [-0.2, -0.15) is 0 Å². The molecule has 2 rings (SSSR count). The van der Waals surface area contributed by atoms with Crippen molar-refractivity contribution in [3.05, 3.63) is 43.9 Å². The highest BCUT2D eigenvalue weighted by atomic mass is 79.9. The largest absolute Gasteiger partial charge is 0.304 e. The summed E-state index contributed by atoms with van der Waals surface area (Å²) in [4.78, 5) is 22.4. The molecule has 0 bridgehead atoms. The summed E-state index contributed by atoms with van der Waals surface area (Å²) in [5, 5.41) is 0.542. The number of aromatic amines is 1. The van der Waals surface area contributed by atoms with Gasteiger partial charge in [0.05, 0.1) is 10.7 Å². The van der Waals surface area contributed by atoms with Gasteiger partial charge in [0, 0.05) is 6.20 Å². The lowest BCUT2D eigenvalue weighted by Gasteiger charge is -2.02. The first-order valence-electron chi connectivity index (χ1n) is 4.46. The van der Waals surface area contributed by atoms with Crippen LogP contribution >= 0.6 is 27.5 Å². The van der Waals surface area contributed by atoms with Gasteiger partial charge in [-0.25, -0.2) is 4.98 Å². The van der Waals surface area contributed by atoms with Gasteiger partial charge in [-0.3, -0.25) is 9.78 Å². The van der Waals surface area contributed by atoms with E-state index in [-0.39, 0.29) is 5.56 Å². The van der Waals surface area contributed by atoms with Gasteiger partial charge in [-0.1, -0.05) is 11.6 Å². The predicted molar refractivity (Wildman–Crippen MR) is 65.5 cm³/mol. The summed E-state index contributed by atoms with van der Waals surface area (Å²) in [5.74, 6) is 0.433. The summed E-state index contributed by atoms with van der Waals surface area (Å²) in [6, 6.07) is 3.40. The molecule has 0 atom stereocenters. The lowest BCUT2D eigenvalue weighted by atomic mass is 10.3. The van der Waals surface area contributed by atoms with E-state index in [4.69, 9.17) is 11.6 Å². The summed E-state index contributed by atoms with van der Waals surface area (Å²) in [7, 11) is 0. The van der Waals surface area contributed by atoms with Crippen LogP contribution < -0.4 is 5.56 Å². The number of nitrogens with one attached hydrogen (secondary N) is 1. The van der Waals surface area contributed by atoms with Crippen LogP contribution in [0.3, 0.4) is 0 Å². The fraction of sp³-hybridized carbons (Fsp3) is 0.100. The Kier molecular flexibility index (Phi) is 3.07. The molecule has 0 saturated carbocycles. The first kappa shape index (κ1) is 11.3. The van der Waals surface area contributed by atoms with E-state index in [2.05, 4.69) is 30.9 Å². The third-order valence-corrected chi connectivity index (χ3v) is 3.16. The quantitative estimate of drug-likeness (QED) is 0.880. The van der Waals surface area contributed by atoms with Crippen LogP contribution in [0.5, 0.6) is 0 Å². The number of nitrogens with zero attached hydrogens (tertiary/aromatic N) is 2. The van der Waals surface area contributed by atoms with Gasteiger partial charge < -0.3 is 4.98 Å². The van der Waals surface area contributed by atoms with Crippen LogP contribution in [0, 0.1) is 6.92 Å². The molecule has 16 heavy (non-hydrogen) atoms. The summed E-state index contributed by atoms with van der Waals surface area (Å²) in [6.45, 7) is 1.75. The number of halogens is 2. The maximum atomic E-state index is 11.5. The van der Waals surface area contributed by atoms with Crippen LogP contribution in [-0.4, -0.2) is 15.0 Å². The topological polar surface area (TPSA) is 58.6 Å². The zero-order valence-electron chi connectivity index (χ0n) is 8.29. The highest BCUT2D eigenvalue weighted by Gasteiger charge is 2.07. The van der Waals surface area contributed by atoms with Crippen molar-refractivity contribution in [3.8, 4) is 11.5 Å². The van der Waals surface area contributed by atoms with Crippen LogP contribution in [-0.2, 0) is 0 Å². The number of aromatic nitrogens is 3. The molecule has 0 saturated heterocycles. The van der Waals surface area contributed by atoms with Crippen molar-refractivity contribution in [2.24, 2.45) is 0 Å². The van der Waals surface area contributed by atoms with Gasteiger partial charge in [-0.05, 0) is 35.0 Å². The minimum Gasteiger partial charge on any atom is -0.304 e. The Balaban J connectivity index is 2.57. The summed E-state index contributed by atoms with van der Waals surface area (Å²) >= 11 is 8.87. The van der Waals surface area contributed by atoms with E-state index in [1.165, 1.54) is 6.20 Å². The molecule has 6 heteroatoms. The number of aryl methyl sites for hydroxylation is 1. The van der Waals surface area contributed by atoms with Gasteiger partial charge in [-0.15, -0.1) is 0 Å². The van der Waals surface area contributed by atoms with E-state index in [1.54, 1.807) is 19.1 Å². The van der Waals surface area contributed by atoms with Crippen molar-refractivity contribution in [1.82, 2.24) is 15.0 Å². The fourth-order valence-electron chi connectivity index (χ4n) is 1.21. The van der Waals surface area contributed by atoms with E-state index in [0.717, 1.165) is 0 Å². The summed E-state index contributed by atoms with van der Waals surface area (Å²) < 4.78 is 0.435. The lowest BCUT2D eigenvalue weighted by molar-refractivity contribution is 1.04.